The Morgan fingerprint density at radius 1 is 1.44 bits per heavy atom. The molecule has 1 N–H and O–H groups in total. The summed E-state index contributed by atoms with van der Waals surface area (Å²) >= 11 is 3.45. The molecular weight excluding hydrogens is 318 g/mol. The van der Waals surface area contributed by atoms with Gasteiger partial charge in [-0.15, -0.1) is 0 Å². The molecule has 1 atom stereocenters. The Kier molecular flexibility index (Phi) is 5.23. The van der Waals surface area contributed by atoms with E-state index in [9.17, 15) is 13.2 Å². The van der Waals surface area contributed by atoms with Gasteiger partial charge in [-0.25, -0.2) is 8.42 Å². The highest BCUT2D eigenvalue weighted by molar-refractivity contribution is 9.09. The summed E-state index contributed by atoms with van der Waals surface area (Å²) in [5, 5.41) is 2.64. The van der Waals surface area contributed by atoms with Crippen molar-refractivity contribution in [3.05, 3.63) is 0 Å². The first kappa shape index (κ1) is 16.0. The molecule has 0 aromatic carbocycles. The summed E-state index contributed by atoms with van der Waals surface area (Å²) in [4.78, 5) is 12.0. The summed E-state index contributed by atoms with van der Waals surface area (Å²) < 4.78 is 22.8. The number of sulfone groups is 1. The van der Waals surface area contributed by atoms with Crippen molar-refractivity contribution in [1.82, 2.24) is 5.32 Å². The Morgan fingerprint density at radius 3 is 2.33 bits per heavy atom. The minimum absolute atomic E-state index is 0.275. The van der Waals surface area contributed by atoms with Gasteiger partial charge in [0.1, 0.15) is 5.25 Å². The molecule has 4 nitrogen and oxygen atoms in total. The number of rotatable bonds is 4. The number of amides is 1. The second kappa shape index (κ2) is 5.90. The maximum absolute atomic E-state index is 12.0. The standard InChI is InChI=1S/C12H22BrNO3S/c1-9-4-6-12(8-13,7-5-9)14-11(15)10(2)18(3,16)17/h9-10H,4-8H2,1-3H3,(H,14,15). The van der Waals surface area contributed by atoms with Crippen molar-refractivity contribution in [3.63, 3.8) is 0 Å². The summed E-state index contributed by atoms with van der Waals surface area (Å²) in [6, 6.07) is 0. The first-order valence-corrected chi connectivity index (χ1v) is 9.35. The molecule has 0 spiro atoms. The van der Waals surface area contributed by atoms with Crippen molar-refractivity contribution < 1.29 is 13.2 Å². The molecule has 0 aliphatic heterocycles. The minimum Gasteiger partial charge on any atom is -0.349 e. The molecule has 1 amide bonds. The fourth-order valence-electron chi connectivity index (χ4n) is 2.16. The van der Waals surface area contributed by atoms with E-state index >= 15 is 0 Å². The highest BCUT2D eigenvalue weighted by Crippen LogP contribution is 2.33. The maximum atomic E-state index is 12.0. The molecule has 1 aliphatic carbocycles. The van der Waals surface area contributed by atoms with Gasteiger partial charge in [0.05, 0.1) is 0 Å². The lowest BCUT2D eigenvalue weighted by atomic mass is 9.78. The first-order valence-electron chi connectivity index (χ1n) is 6.27. The van der Waals surface area contributed by atoms with Crippen LogP contribution in [0.5, 0.6) is 0 Å². The Balaban J connectivity index is 2.72. The smallest absolute Gasteiger partial charge is 0.238 e. The predicted molar refractivity (Wildman–Crippen MR) is 76.6 cm³/mol. The van der Waals surface area contributed by atoms with E-state index in [-0.39, 0.29) is 11.4 Å². The van der Waals surface area contributed by atoms with Gasteiger partial charge in [-0.3, -0.25) is 4.79 Å². The zero-order valence-electron chi connectivity index (χ0n) is 11.2. The largest absolute Gasteiger partial charge is 0.349 e. The monoisotopic (exact) mass is 339 g/mol. The van der Waals surface area contributed by atoms with Crippen molar-refractivity contribution in [3.8, 4) is 0 Å². The Morgan fingerprint density at radius 2 is 1.94 bits per heavy atom. The number of carbonyl (C=O) groups excluding carboxylic acids is 1. The van der Waals surface area contributed by atoms with Crippen molar-refractivity contribution >= 4 is 31.7 Å². The Labute approximate surface area is 118 Å². The van der Waals surface area contributed by atoms with E-state index in [4.69, 9.17) is 0 Å². The average Bonchev–Trinajstić information content (AvgIpc) is 2.30. The van der Waals surface area contributed by atoms with Crippen LogP contribution in [0.2, 0.25) is 0 Å². The Bertz CT molecular complexity index is 400. The van der Waals surface area contributed by atoms with Crippen LogP contribution in [-0.4, -0.2) is 36.7 Å². The molecule has 0 radical (unpaired) electrons. The zero-order valence-corrected chi connectivity index (χ0v) is 13.6. The highest BCUT2D eigenvalue weighted by atomic mass is 79.9. The number of halogens is 1. The number of alkyl halides is 1. The molecular formula is C12H22BrNO3S. The van der Waals surface area contributed by atoms with Crippen LogP contribution >= 0.6 is 15.9 Å². The van der Waals surface area contributed by atoms with Crippen LogP contribution in [0.4, 0.5) is 0 Å². The molecule has 0 heterocycles. The molecule has 0 saturated heterocycles. The number of carbonyl (C=O) groups is 1. The van der Waals surface area contributed by atoms with E-state index in [1.54, 1.807) is 0 Å². The summed E-state index contributed by atoms with van der Waals surface area (Å²) in [5.41, 5.74) is -0.275. The normalized spacial score (nSPS) is 30.8. The summed E-state index contributed by atoms with van der Waals surface area (Å²) in [7, 11) is -3.33. The lowest BCUT2D eigenvalue weighted by Gasteiger charge is -2.39. The minimum atomic E-state index is -3.33. The van der Waals surface area contributed by atoms with Gasteiger partial charge in [-0.2, -0.15) is 0 Å². The van der Waals surface area contributed by atoms with Gasteiger partial charge in [0.2, 0.25) is 5.91 Å². The number of hydrogen-bond acceptors (Lipinski definition) is 3. The van der Waals surface area contributed by atoms with Crippen molar-refractivity contribution in [2.45, 2.75) is 50.3 Å². The van der Waals surface area contributed by atoms with Crippen LogP contribution in [0.15, 0.2) is 0 Å². The molecule has 6 heteroatoms. The molecule has 1 rings (SSSR count). The second-order valence-corrected chi connectivity index (χ2v) is 8.48. The van der Waals surface area contributed by atoms with Crippen LogP contribution in [0.25, 0.3) is 0 Å². The summed E-state index contributed by atoms with van der Waals surface area (Å²) in [5.74, 6) is 0.299. The topological polar surface area (TPSA) is 63.2 Å². The van der Waals surface area contributed by atoms with E-state index < -0.39 is 15.1 Å². The van der Waals surface area contributed by atoms with Crippen LogP contribution in [0.3, 0.4) is 0 Å². The molecule has 1 saturated carbocycles. The lowest BCUT2D eigenvalue weighted by Crippen LogP contribution is -2.55. The Hall–Kier alpha value is -0.100. The van der Waals surface area contributed by atoms with E-state index in [0.717, 1.165) is 31.9 Å². The maximum Gasteiger partial charge on any atom is 0.238 e. The highest BCUT2D eigenvalue weighted by Gasteiger charge is 2.37. The lowest BCUT2D eigenvalue weighted by molar-refractivity contribution is -0.122. The van der Waals surface area contributed by atoms with Gasteiger partial charge in [0.25, 0.3) is 0 Å². The van der Waals surface area contributed by atoms with E-state index in [2.05, 4.69) is 28.2 Å². The third-order valence-corrected chi connectivity index (χ3v) is 6.46. The molecule has 1 unspecified atom stereocenters. The third-order valence-electron chi connectivity index (χ3n) is 3.89. The quantitative estimate of drug-likeness (QED) is 0.795. The molecule has 0 bridgehead atoms. The SMILES string of the molecule is CC1CCC(CBr)(NC(=O)C(C)S(C)(=O)=O)CC1. The molecule has 0 aromatic heterocycles. The van der Waals surface area contributed by atoms with Crippen molar-refractivity contribution in [2.24, 2.45) is 5.92 Å². The van der Waals surface area contributed by atoms with Gasteiger partial charge in [-0.1, -0.05) is 22.9 Å². The molecule has 1 aliphatic rings. The van der Waals surface area contributed by atoms with Gasteiger partial charge in [0, 0.05) is 17.1 Å². The fraction of sp³-hybridized carbons (Fsp3) is 0.917. The predicted octanol–water partition coefficient (Wildman–Crippen LogP) is 1.88. The second-order valence-electron chi connectivity index (χ2n) is 5.56. The molecule has 18 heavy (non-hydrogen) atoms. The molecule has 0 aromatic rings. The average molecular weight is 340 g/mol. The summed E-state index contributed by atoms with van der Waals surface area (Å²) in [6.45, 7) is 3.65. The van der Waals surface area contributed by atoms with E-state index in [1.165, 1.54) is 6.92 Å². The molecule has 1 fully saturated rings. The van der Waals surface area contributed by atoms with Crippen LogP contribution in [-0.2, 0) is 14.6 Å². The van der Waals surface area contributed by atoms with E-state index in [1.807, 2.05) is 0 Å². The third kappa shape index (κ3) is 3.95. The van der Waals surface area contributed by atoms with E-state index in [0.29, 0.717) is 11.2 Å². The van der Waals surface area contributed by atoms with Gasteiger partial charge in [0.15, 0.2) is 9.84 Å². The van der Waals surface area contributed by atoms with Gasteiger partial charge < -0.3 is 5.32 Å². The number of hydrogen-bond donors (Lipinski definition) is 1. The fourth-order valence-corrected chi connectivity index (χ4v) is 3.31. The van der Waals surface area contributed by atoms with Crippen molar-refractivity contribution in [2.75, 3.05) is 11.6 Å². The first-order chi connectivity index (χ1) is 8.20. The van der Waals surface area contributed by atoms with Crippen LogP contribution in [0.1, 0.15) is 39.5 Å². The molecule has 106 valence electrons. The van der Waals surface area contributed by atoms with Crippen LogP contribution < -0.4 is 5.32 Å². The van der Waals surface area contributed by atoms with Gasteiger partial charge in [-0.05, 0) is 38.5 Å². The zero-order chi connectivity index (χ0) is 14.0. The summed E-state index contributed by atoms with van der Waals surface area (Å²) in [6.07, 6.45) is 5.04. The van der Waals surface area contributed by atoms with Crippen molar-refractivity contribution in [1.29, 1.82) is 0 Å². The number of nitrogens with one attached hydrogen (secondary N) is 1. The van der Waals surface area contributed by atoms with Crippen LogP contribution in [0, 0.1) is 5.92 Å². The van der Waals surface area contributed by atoms with Gasteiger partial charge >= 0.3 is 0 Å².